The lowest BCUT2D eigenvalue weighted by Crippen LogP contribution is -2.42. The van der Waals surface area contributed by atoms with Gasteiger partial charge in [0.05, 0.1) is 25.3 Å². The van der Waals surface area contributed by atoms with Gasteiger partial charge in [-0.05, 0) is 86.4 Å². The first-order chi connectivity index (χ1) is 20.9. The molecular formula is C35H45N5O4. The molecule has 2 fully saturated rings. The molecule has 0 saturated carbocycles. The van der Waals surface area contributed by atoms with Gasteiger partial charge in [-0.3, -0.25) is 4.79 Å². The highest BCUT2D eigenvalue weighted by Crippen LogP contribution is 2.40. The molecule has 1 unspecified atom stereocenters. The number of hydrogen-bond donors (Lipinski definition) is 2. The van der Waals surface area contributed by atoms with Gasteiger partial charge in [-0.15, -0.1) is 0 Å². The van der Waals surface area contributed by atoms with E-state index in [1.165, 1.54) is 5.56 Å². The molecule has 4 aromatic rings. The molecule has 9 nitrogen and oxygen atoms in total. The van der Waals surface area contributed by atoms with Gasteiger partial charge in [-0.1, -0.05) is 42.5 Å². The molecule has 1 aromatic heterocycles. The molecule has 2 aliphatic heterocycles. The van der Waals surface area contributed by atoms with E-state index in [4.69, 9.17) is 14.5 Å². The fraction of sp³-hybridized carbons (Fsp3) is 0.429. The number of carbonyl (C=O) groups is 1. The van der Waals surface area contributed by atoms with Gasteiger partial charge in [0.15, 0.2) is 11.5 Å². The van der Waals surface area contributed by atoms with Gasteiger partial charge in [-0.25, -0.2) is 4.98 Å². The van der Waals surface area contributed by atoms with E-state index in [9.17, 15) is 4.79 Å². The maximum atomic E-state index is 13.8. The van der Waals surface area contributed by atoms with Crippen molar-refractivity contribution in [2.75, 3.05) is 52.3 Å². The predicted octanol–water partition coefficient (Wildman–Crippen LogP) is 5.11. The van der Waals surface area contributed by atoms with Crippen molar-refractivity contribution >= 4 is 22.9 Å². The van der Waals surface area contributed by atoms with Crippen LogP contribution in [0.25, 0.3) is 11.0 Å². The number of aryl methyl sites for hydroxylation is 1. The molecule has 2 aliphatic rings. The molecule has 4 N–H and O–H groups in total. The molecule has 9 heteroatoms. The van der Waals surface area contributed by atoms with Crippen LogP contribution in [0.1, 0.15) is 47.2 Å². The van der Waals surface area contributed by atoms with E-state index < -0.39 is 0 Å². The smallest absolute Gasteiger partial charge is 0.254 e. The topological polar surface area (TPSA) is 114 Å². The summed E-state index contributed by atoms with van der Waals surface area (Å²) in [4.78, 5) is 26.5. The number of nitrogens with one attached hydrogen (secondary N) is 2. The first kappa shape index (κ1) is 31.3. The molecule has 0 aliphatic carbocycles. The third-order valence-electron chi connectivity index (χ3n) is 9.34. The second-order valence-corrected chi connectivity index (χ2v) is 12.3. The van der Waals surface area contributed by atoms with E-state index >= 15 is 0 Å². The van der Waals surface area contributed by atoms with Crippen molar-refractivity contribution in [1.82, 2.24) is 19.8 Å². The van der Waals surface area contributed by atoms with Crippen molar-refractivity contribution in [2.45, 2.75) is 45.1 Å². The number of likely N-dealkylation sites (tertiary alicyclic amines) is 2. The third kappa shape index (κ3) is 6.84. The fourth-order valence-corrected chi connectivity index (χ4v) is 6.95. The number of benzene rings is 3. The number of H-pyrrole nitrogens is 1. The number of piperidine rings is 1. The molecule has 1 atom stereocenters. The lowest BCUT2D eigenvalue weighted by molar-refractivity contribution is 0.0763. The summed E-state index contributed by atoms with van der Waals surface area (Å²) in [7, 11) is 3.24. The Labute approximate surface area is 259 Å². The molecule has 3 aromatic carbocycles. The van der Waals surface area contributed by atoms with Crippen LogP contribution in [0.15, 0.2) is 66.7 Å². The van der Waals surface area contributed by atoms with Crippen LogP contribution in [0, 0.1) is 12.3 Å². The second-order valence-electron chi connectivity index (χ2n) is 12.3. The summed E-state index contributed by atoms with van der Waals surface area (Å²) in [5, 5.41) is 3.63. The predicted molar refractivity (Wildman–Crippen MR) is 175 cm³/mol. The maximum Gasteiger partial charge on any atom is 0.254 e. The first-order valence-corrected chi connectivity index (χ1v) is 15.4. The highest BCUT2D eigenvalue weighted by molar-refractivity contribution is 5.95. The minimum Gasteiger partial charge on any atom is -0.493 e. The Morgan fingerprint density at radius 3 is 2.50 bits per heavy atom. The number of hydrogen-bond acceptors (Lipinski definition) is 6. The summed E-state index contributed by atoms with van der Waals surface area (Å²) in [5.74, 6) is 2.20. The number of aromatic nitrogens is 2. The first-order valence-electron chi connectivity index (χ1n) is 15.4. The summed E-state index contributed by atoms with van der Waals surface area (Å²) in [6.07, 6.45) is 5.23. The van der Waals surface area contributed by atoms with Gasteiger partial charge in [-0.2, -0.15) is 0 Å². The molecule has 0 radical (unpaired) electrons. The summed E-state index contributed by atoms with van der Waals surface area (Å²) in [6, 6.07) is 23.1. The Kier molecular flexibility index (Phi) is 9.76. The number of aromatic amines is 1. The molecule has 3 heterocycles. The van der Waals surface area contributed by atoms with Crippen LogP contribution in [0.3, 0.4) is 0 Å². The lowest BCUT2D eigenvalue weighted by Gasteiger charge is -2.36. The number of ether oxygens (including phenoxy) is 2. The number of carbonyl (C=O) groups excluding carboxylic acids is 1. The number of fused-ring (bicyclic) bond motifs is 1. The van der Waals surface area contributed by atoms with Gasteiger partial charge in [0, 0.05) is 37.8 Å². The average Bonchev–Trinajstić information content (AvgIpc) is 3.64. The van der Waals surface area contributed by atoms with E-state index in [2.05, 4.69) is 51.6 Å². The van der Waals surface area contributed by atoms with Gasteiger partial charge in [0.2, 0.25) is 5.95 Å². The summed E-state index contributed by atoms with van der Waals surface area (Å²) in [5.41, 5.74) is 5.01. The molecule has 0 bridgehead atoms. The molecule has 2 saturated heterocycles. The van der Waals surface area contributed by atoms with Crippen molar-refractivity contribution in [3.63, 3.8) is 0 Å². The van der Waals surface area contributed by atoms with Crippen molar-refractivity contribution in [2.24, 2.45) is 5.41 Å². The SMILES string of the molecule is COc1cc(C(=O)N2CCC(CCN3CCC(Nc4nc5ccccc5[nH]4)CC3)(Cc3ccccc3)C2)cc(C)c1OC.O. The normalized spacial score (nSPS) is 19.1. The molecule has 0 spiro atoms. The minimum atomic E-state index is 0. The van der Waals surface area contributed by atoms with E-state index in [1.54, 1.807) is 14.2 Å². The van der Waals surface area contributed by atoms with Crippen LogP contribution >= 0.6 is 0 Å². The number of imidazole rings is 1. The lowest BCUT2D eigenvalue weighted by atomic mass is 9.77. The quantitative estimate of drug-likeness (QED) is 0.262. The Morgan fingerprint density at radius 2 is 1.77 bits per heavy atom. The van der Waals surface area contributed by atoms with E-state index in [-0.39, 0.29) is 16.8 Å². The Bertz CT molecular complexity index is 1520. The number of anilines is 1. The largest absolute Gasteiger partial charge is 0.493 e. The number of rotatable bonds is 10. The van der Waals surface area contributed by atoms with Crippen molar-refractivity contribution in [3.05, 3.63) is 83.4 Å². The zero-order valence-electron chi connectivity index (χ0n) is 26.1. The highest BCUT2D eigenvalue weighted by atomic mass is 16.5. The van der Waals surface area contributed by atoms with Crippen LogP contribution in [0.2, 0.25) is 0 Å². The Morgan fingerprint density at radius 1 is 1.02 bits per heavy atom. The van der Waals surface area contributed by atoms with Crippen LogP contribution in [-0.4, -0.2) is 84.1 Å². The van der Waals surface area contributed by atoms with E-state index in [0.717, 1.165) is 87.4 Å². The van der Waals surface area contributed by atoms with Gasteiger partial charge in [0.25, 0.3) is 5.91 Å². The van der Waals surface area contributed by atoms with Crippen LogP contribution in [0.4, 0.5) is 5.95 Å². The van der Waals surface area contributed by atoms with Crippen molar-refractivity contribution < 1.29 is 19.7 Å². The standard InChI is InChI=1S/C35H43N5O3.H2O/c1-25-21-27(22-31(42-2)32(25)43-3)33(41)40-20-16-35(24-40,23-26-9-5-4-6-10-26)15-19-39-17-13-28(14-18-39)36-34-37-29-11-7-8-12-30(29)38-34;/h4-12,21-22,28H,13-20,23-24H2,1-3H3,(H2,36,37,38);1H2. The molecule has 1 amide bonds. The fourth-order valence-electron chi connectivity index (χ4n) is 6.95. The summed E-state index contributed by atoms with van der Waals surface area (Å²) >= 11 is 0. The van der Waals surface area contributed by atoms with Crippen LogP contribution in [-0.2, 0) is 6.42 Å². The van der Waals surface area contributed by atoms with E-state index in [1.807, 2.05) is 42.2 Å². The monoisotopic (exact) mass is 599 g/mol. The zero-order valence-corrected chi connectivity index (χ0v) is 26.1. The molecule has 6 rings (SSSR count). The molecule has 234 valence electrons. The van der Waals surface area contributed by atoms with Gasteiger partial charge >= 0.3 is 0 Å². The number of nitrogens with zero attached hydrogens (tertiary/aromatic N) is 3. The summed E-state index contributed by atoms with van der Waals surface area (Å²) < 4.78 is 11.0. The number of para-hydroxylation sites is 2. The highest BCUT2D eigenvalue weighted by Gasteiger charge is 2.40. The van der Waals surface area contributed by atoms with Crippen LogP contribution < -0.4 is 14.8 Å². The van der Waals surface area contributed by atoms with Crippen LogP contribution in [0.5, 0.6) is 11.5 Å². The van der Waals surface area contributed by atoms with Gasteiger partial charge < -0.3 is 35.1 Å². The van der Waals surface area contributed by atoms with Gasteiger partial charge in [0.1, 0.15) is 0 Å². The third-order valence-corrected chi connectivity index (χ3v) is 9.34. The number of amides is 1. The molecular weight excluding hydrogens is 554 g/mol. The Hall–Kier alpha value is -4.08. The molecule has 44 heavy (non-hydrogen) atoms. The van der Waals surface area contributed by atoms with E-state index in [0.29, 0.717) is 23.1 Å². The van der Waals surface area contributed by atoms with Crippen molar-refractivity contribution in [1.29, 1.82) is 0 Å². The number of methoxy groups -OCH3 is 2. The van der Waals surface area contributed by atoms with Crippen molar-refractivity contribution in [3.8, 4) is 11.5 Å². The second kappa shape index (κ2) is 13.7. The maximum absolute atomic E-state index is 13.8. The summed E-state index contributed by atoms with van der Waals surface area (Å²) in [6.45, 7) is 6.65. The Balaban J connectivity index is 0.00000384. The minimum absolute atomic E-state index is 0. The zero-order chi connectivity index (χ0) is 29.8. The average molecular weight is 600 g/mol.